The van der Waals surface area contributed by atoms with Crippen LogP contribution >= 0.6 is 27.3 Å². The van der Waals surface area contributed by atoms with Gasteiger partial charge >= 0.3 is 5.97 Å². The lowest BCUT2D eigenvalue weighted by atomic mass is 10.1. The Labute approximate surface area is 128 Å². The largest absolute Gasteiger partial charge is 0.478 e. The third-order valence-electron chi connectivity index (χ3n) is 2.71. The standard InChI is InChI=1S/C14H12BrNO3S/c1-8-5-11(20-12(8)15)13(17)16-7-9-3-2-4-10(6-9)14(18)19/h2-6H,7H2,1H3,(H,16,17)(H,18,19). The molecule has 6 heteroatoms. The molecule has 0 aliphatic heterocycles. The Morgan fingerprint density at radius 3 is 2.70 bits per heavy atom. The zero-order valence-electron chi connectivity index (χ0n) is 10.6. The molecule has 0 fully saturated rings. The SMILES string of the molecule is Cc1cc(C(=O)NCc2cccc(C(=O)O)c2)sc1Br. The number of aryl methyl sites for hydroxylation is 1. The number of thiophene rings is 1. The monoisotopic (exact) mass is 353 g/mol. The van der Waals surface area contributed by atoms with Gasteiger partial charge in [-0.1, -0.05) is 12.1 Å². The van der Waals surface area contributed by atoms with E-state index in [-0.39, 0.29) is 11.5 Å². The van der Waals surface area contributed by atoms with Crippen molar-refractivity contribution in [3.05, 3.63) is 55.7 Å². The first kappa shape index (κ1) is 14.7. The zero-order chi connectivity index (χ0) is 14.7. The van der Waals surface area contributed by atoms with Crippen LogP contribution in [0.5, 0.6) is 0 Å². The zero-order valence-corrected chi connectivity index (χ0v) is 13.0. The fourth-order valence-corrected chi connectivity index (χ4v) is 3.11. The third kappa shape index (κ3) is 3.46. The van der Waals surface area contributed by atoms with Gasteiger partial charge in [0.1, 0.15) is 0 Å². The first-order chi connectivity index (χ1) is 9.47. The van der Waals surface area contributed by atoms with Gasteiger partial charge in [0.2, 0.25) is 0 Å². The van der Waals surface area contributed by atoms with E-state index < -0.39 is 5.97 Å². The van der Waals surface area contributed by atoms with Gasteiger partial charge in [-0.3, -0.25) is 4.79 Å². The quantitative estimate of drug-likeness (QED) is 0.884. The Balaban J connectivity index is 2.03. The number of halogens is 1. The minimum atomic E-state index is -0.976. The van der Waals surface area contributed by atoms with E-state index >= 15 is 0 Å². The molecule has 2 aromatic rings. The molecule has 2 rings (SSSR count). The molecule has 2 N–H and O–H groups in total. The fourth-order valence-electron chi connectivity index (χ4n) is 1.66. The van der Waals surface area contributed by atoms with Crippen molar-refractivity contribution in [2.75, 3.05) is 0 Å². The molecule has 0 atom stereocenters. The lowest BCUT2D eigenvalue weighted by molar-refractivity contribution is 0.0696. The molecule has 0 aliphatic carbocycles. The van der Waals surface area contributed by atoms with Gasteiger partial charge in [0, 0.05) is 6.54 Å². The Kier molecular flexibility index (Phi) is 4.57. The topological polar surface area (TPSA) is 66.4 Å². The number of carboxylic acid groups (broad SMARTS) is 1. The first-order valence-electron chi connectivity index (χ1n) is 5.83. The van der Waals surface area contributed by atoms with Crippen LogP contribution in [0.15, 0.2) is 34.1 Å². The molecule has 1 aromatic carbocycles. The summed E-state index contributed by atoms with van der Waals surface area (Å²) >= 11 is 4.76. The number of carboxylic acids is 1. The summed E-state index contributed by atoms with van der Waals surface area (Å²) in [5.41, 5.74) is 1.99. The number of hydrogen-bond acceptors (Lipinski definition) is 3. The second-order valence-corrected chi connectivity index (χ2v) is 6.63. The predicted octanol–water partition coefficient (Wildman–Crippen LogP) is 3.45. The summed E-state index contributed by atoms with van der Waals surface area (Å²) in [6, 6.07) is 8.34. The van der Waals surface area contributed by atoms with Crippen LogP contribution in [0.3, 0.4) is 0 Å². The van der Waals surface area contributed by atoms with Crippen LogP contribution in [0, 0.1) is 6.92 Å². The van der Waals surface area contributed by atoms with Crippen molar-refractivity contribution in [3.63, 3.8) is 0 Å². The molecule has 0 spiro atoms. The number of benzene rings is 1. The van der Waals surface area contributed by atoms with Gasteiger partial charge < -0.3 is 10.4 Å². The molecule has 1 heterocycles. The maximum Gasteiger partial charge on any atom is 0.335 e. The van der Waals surface area contributed by atoms with Crippen LogP contribution in [0.25, 0.3) is 0 Å². The van der Waals surface area contributed by atoms with Gasteiger partial charge in [-0.2, -0.15) is 0 Å². The van der Waals surface area contributed by atoms with E-state index in [1.165, 1.54) is 17.4 Å². The second kappa shape index (κ2) is 6.19. The molecule has 1 aromatic heterocycles. The lowest BCUT2D eigenvalue weighted by Gasteiger charge is -2.04. The number of aromatic carboxylic acids is 1. The van der Waals surface area contributed by atoms with Crippen LogP contribution < -0.4 is 5.32 Å². The third-order valence-corrected chi connectivity index (χ3v) is 4.84. The van der Waals surface area contributed by atoms with Crippen molar-refractivity contribution in [3.8, 4) is 0 Å². The van der Waals surface area contributed by atoms with E-state index in [4.69, 9.17) is 5.11 Å². The number of carbonyl (C=O) groups is 2. The molecule has 0 unspecified atom stereocenters. The molecule has 0 saturated carbocycles. The van der Waals surface area contributed by atoms with E-state index in [0.717, 1.165) is 14.9 Å². The molecule has 0 aliphatic rings. The predicted molar refractivity (Wildman–Crippen MR) is 81.3 cm³/mol. The fraction of sp³-hybridized carbons (Fsp3) is 0.143. The summed E-state index contributed by atoms with van der Waals surface area (Å²) in [6.07, 6.45) is 0. The highest BCUT2D eigenvalue weighted by molar-refractivity contribution is 9.11. The van der Waals surface area contributed by atoms with E-state index in [1.54, 1.807) is 18.2 Å². The normalized spacial score (nSPS) is 10.3. The number of carbonyl (C=O) groups excluding carboxylic acids is 1. The summed E-state index contributed by atoms with van der Waals surface area (Å²) in [4.78, 5) is 23.5. The van der Waals surface area contributed by atoms with Crippen molar-refractivity contribution in [2.24, 2.45) is 0 Å². The van der Waals surface area contributed by atoms with Gasteiger partial charge in [0.15, 0.2) is 0 Å². The molecular weight excluding hydrogens is 342 g/mol. The molecule has 0 bridgehead atoms. The van der Waals surface area contributed by atoms with Crippen LogP contribution in [-0.2, 0) is 6.54 Å². The molecule has 0 saturated heterocycles. The minimum absolute atomic E-state index is 0.162. The molecule has 0 radical (unpaired) electrons. The molecule has 4 nitrogen and oxygen atoms in total. The molecular formula is C14H12BrNO3S. The van der Waals surface area contributed by atoms with Crippen LogP contribution in [0.4, 0.5) is 0 Å². The average molecular weight is 354 g/mol. The summed E-state index contributed by atoms with van der Waals surface area (Å²) in [7, 11) is 0. The van der Waals surface area contributed by atoms with Gasteiger partial charge in [-0.25, -0.2) is 4.79 Å². The van der Waals surface area contributed by atoms with E-state index in [9.17, 15) is 9.59 Å². The van der Waals surface area contributed by atoms with Crippen molar-refractivity contribution in [1.29, 1.82) is 0 Å². The Morgan fingerprint density at radius 1 is 1.35 bits per heavy atom. The number of amides is 1. The summed E-state index contributed by atoms with van der Waals surface area (Å²) in [5.74, 6) is -1.14. The van der Waals surface area contributed by atoms with Crippen LogP contribution in [0.1, 0.15) is 31.2 Å². The van der Waals surface area contributed by atoms with Crippen LogP contribution in [0.2, 0.25) is 0 Å². The molecule has 20 heavy (non-hydrogen) atoms. The summed E-state index contributed by atoms with van der Waals surface area (Å²) in [6.45, 7) is 2.22. The Bertz CT molecular complexity index is 647. The maximum atomic E-state index is 12.0. The van der Waals surface area contributed by atoms with Gasteiger partial charge in [0.05, 0.1) is 14.2 Å². The smallest absolute Gasteiger partial charge is 0.335 e. The highest BCUT2D eigenvalue weighted by Gasteiger charge is 2.11. The minimum Gasteiger partial charge on any atom is -0.478 e. The number of hydrogen-bond donors (Lipinski definition) is 2. The molecule has 104 valence electrons. The van der Waals surface area contributed by atoms with E-state index in [2.05, 4.69) is 21.2 Å². The van der Waals surface area contributed by atoms with E-state index in [1.807, 2.05) is 13.0 Å². The van der Waals surface area contributed by atoms with Crippen molar-refractivity contribution < 1.29 is 14.7 Å². The average Bonchev–Trinajstić information content (AvgIpc) is 2.76. The first-order valence-corrected chi connectivity index (χ1v) is 7.44. The highest BCUT2D eigenvalue weighted by atomic mass is 79.9. The van der Waals surface area contributed by atoms with Crippen LogP contribution in [-0.4, -0.2) is 17.0 Å². The lowest BCUT2D eigenvalue weighted by Crippen LogP contribution is -2.21. The summed E-state index contributed by atoms with van der Waals surface area (Å²) in [5, 5.41) is 11.7. The Morgan fingerprint density at radius 2 is 2.10 bits per heavy atom. The second-order valence-electron chi connectivity index (χ2n) is 4.26. The highest BCUT2D eigenvalue weighted by Crippen LogP contribution is 2.27. The van der Waals surface area contributed by atoms with E-state index in [0.29, 0.717) is 11.4 Å². The number of nitrogens with one attached hydrogen (secondary N) is 1. The van der Waals surface area contributed by atoms with Crippen molar-refractivity contribution >= 4 is 39.1 Å². The van der Waals surface area contributed by atoms with Gasteiger partial charge in [-0.15, -0.1) is 11.3 Å². The maximum absolute atomic E-state index is 12.0. The number of rotatable bonds is 4. The van der Waals surface area contributed by atoms with Crippen molar-refractivity contribution in [1.82, 2.24) is 5.32 Å². The van der Waals surface area contributed by atoms with Gasteiger partial charge in [-0.05, 0) is 52.2 Å². The molecule has 1 amide bonds. The Hall–Kier alpha value is -1.66. The van der Waals surface area contributed by atoms with Crippen molar-refractivity contribution in [2.45, 2.75) is 13.5 Å². The van der Waals surface area contributed by atoms with Gasteiger partial charge in [0.25, 0.3) is 5.91 Å². The summed E-state index contributed by atoms with van der Waals surface area (Å²) < 4.78 is 0.940.